The fourth-order valence-corrected chi connectivity index (χ4v) is 2.13. The third kappa shape index (κ3) is 9.01. The van der Waals surface area contributed by atoms with Gasteiger partial charge >= 0.3 is 11.9 Å². The Morgan fingerprint density at radius 1 is 1.04 bits per heavy atom. The van der Waals surface area contributed by atoms with E-state index in [1.807, 2.05) is 65.0 Å². The minimum Gasteiger partial charge on any atom is -0.469 e. The van der Waals surface area contributed by atoms with Gasteiger partial charge in [-0.25, -0.2) is 0 Å². The van der Waals surface area contributed by atoms with E-state index in [9.17, 15) is 9.59 Å². The topological polar surface area (TPSA) is 52.6 Å². The summed E-state index contributed by atoms with van der Waals surface area (Å²) in [4.78, 5) is 22.2. The third-order valence-corrected chi connectivity index (χ3v) is 3.16. The summed E-state index contributed by atoms with van der Waals surface area (Å²) in [5.74, 6) is 0.258. The van der Waals surface area contributed by atoms with Gasteiger partial charge in [0.2, 0.25) is 0 Å². The predicted octanol–water partition coefficient (Wildman–Crippen LogP) is 4.19. The Labute approximate surface area is 140 Å². The maximum Gasteiger partial charge on any atom is 0.313 e. The van der Waals surface area contributed by atoms with E-state index in [0.717, 1.165) is 5.56 Å². The van der Waals surface area contributed by atoms with Crippen LogP contribution in [0.1, 0.15) is 52.5 Å². The van der Waals surface area contributed by atoms with Crippen LogP contribution in [-0.4, -0.2) is 25.7 Å². The number of hydrogen-bond acceptors (Lipinski definition) is 4. The van der Waals surface area contributed by atoms with Crippen LogP contribution >= 0.6 is 0 Å². The summed E-state index contributed by atoms with van der Waals surface area (Å²) in [6.07, 6.45) is 0.536. The van der Waals surface area contributed by atoms with Crippen molar-refractivity contribution in [3.05, 3.63) is 35.9 Å². The lowest BCUT2D eigenvalue weighted by Crippen LogP contribution is -2.19. The van der Waals surface area contributed by atoms with Crippen LogP contribution in [0.15, 0.2) is 30.3 Å². The summed E-state index contributed by atoms with van der Waals surface area (Å²) in [6.45, 7) is 10.3. The molecule has 4 nitrogen and oxygen atoms in total. The Kier molecular flexibility index (Phi) is 10.8. The zero-order chi connectivity index (χ0) is 17.8. The molecule has 0 N–H and O–H groups in total. The van der Waals surface area contributed by atoms with Crippen LogP contribution in [0.25, 0.3) is 0 Å². The normalized spacial score (nSPS) is 11.5. The maximum absolute atomic E-state index is 11.5. The first-order valence-electron chi connectivity index (χ1n) is 8.11. The quantitative estimate of drug-likeness (QED) is 0.737. The smallest absolute Gasteiger partial charge is 0.313 e. The number of ether oxygens (including phenoxy) is 2. The largest absolute Gasteiger partial charge is 0.469 e. The lowest BCUT2D eigenvalue weighted by molar-refractivity contribution is -0.144. The van der Waals surface area contributed by atoms with Crippen molar-refractivity contribution < 1.29 is 19.1 Å². The van der Waals surface area contributed by atoms with Crippen molar-refractivity contribution in [1.82, 2.24) is 0 Å². The molecule has 0 amide bonds. The monoisotopic (exact) mass is 322 g/mol. The van der Waals surface area contributed by atoms with Crippen LogP contribution in [0.5, 0.6) is 0 Å². The molecular formula is C19H30O4. The highest BCUT2D eigenvalue weighted by Crippen LogP contribution is 2.25. The highest BCUT2D eigenvalue weighted by atomic mass is 16.5. The van der Waals surface area contributed by atoms with Crippen molar-refractivity contribution in [3.63, 3.8) is 0 Å². The molecule has 0 fully saturated rings. The lowest BCUT2D eigenvalue weighted by Gasteiger charge is -2.18. The zero-order valence-electron chi connectivity index (χ0n) is 15.2. The Balaban J connectivity index is 0.000000468. The number of hydrogen-bond donors (Lipinski definition) is 0. The average Bonchev–Trinajstić information content (AvgIpc) is 2.48. The zero-order valence-corrected chi connectivity index (χ0v) is 15.2. The molecule has 130 valence electrons. The van der Waals surface area contributed by atoms with Crippen molar-refractivity contribution >= 4 is 11.9 Å². The molecule has 0 bridgehead atoms. The molecule has 0 spiro atoms. The van der Waals surface area contributed by atoms with E-state index in [2.05, 4.69) is 0 Å². The molecular weight excluding hydrogens is 292 g/mol. The van der Waals surface area contributed by atoms with Gasteiger partial charge in [-0.05, 0) is 24.3 Å². The molecule has 4 heteroatoms. The summed E-state index contributed by atoms with van der Waals surface area (Å²) >= 11 is 0. The summed E-state index contributed by atoms with van der Waals surface area (Å²) < 4.78 is 9.50. The molecule has 1 rings (SSSR count). The summed E-state index contributed by atoms with van der Waals surface area (Å²) in [5, 5.41) is 0. The van der Waals surface area contributed by atoms with Gasteiger partial charge in [-0.1, -0.05) is 58.0 Å². The third-order valence-electron chi connectivity index (χ3n) is 3.16. The second-order valence-corrected chi connectivity index (χ2v) is 6.06. The van der Waals surface area contributed by atoms with Crippen LogP contribution in [0.4, 0.5) is 0 Å². The van der Waals surface area contributed by atoms with Crippen molar-refractivity contribution in [1.29, 1.82) is 0 Å². The van der Waals surface area contributed by atoms with Gasteiger partial charge in [0, 0.05) is 6.42 Å². The van der Waals surface area contributed by atoms with E-state index in [4.69, 9.17) is 9.47 Å². The molecule has 1 atom stereocenters. The molecule has 0 aliphatic heterocycles. The van der Waals surface area contributed by atoms with Crippen LogP contribution in [0.2, 0.25) is 0 Å². The van der Waals surface area contributed by atoms with E-state index >= 15 is 0 Å². The molecule has 0 saturated carbocycles. The van der Waals surface area contributed by atoms with Crippen LogP contribution in [0.3, 0.4) is 0 Å². The highest BCUT2D eigenvalue weighted by Gasteiger charge is 2.24. The second-order valence-electron chi connectivity index (χ2n) is 6.06. The molecule has 0 aliphatic carbocycles. The summed E-state index contributed by atoms with van der Waals surface area (Å²) in [6, 6.07) is 9.74. The molecule has 0 saturated heterocycles. The van der Waals surface area contributed by atoms with Crippen LogP contribution in [-0.2, 0) is 19.1 Å². The molecule has 0 aromatic heterocycles. The SMILES string of the molecule is CCOC(=O)CC(C)C.COC(=O)C(c1ccccc1)C(C)C. The van der Waals surface area contributed by atoms with E-state index in [1.165, 1.54) is 7.11 Å². The van der Waals surface area contributed by atoms with E-state index in [-0.39, 0.29) is 23.8 Å². The first-order valence-corrected chi connectivity index (χ1v) is 8.11. The number of carbonyl (C=O) groups is 2. The Morgan fingerprint density at radius 3 is 2.00 bits per heavy atom. The van der Waals surface area contributed by atoms with Gasteiger partial charge in [0.05, 0.1) is 19.6 Å². The fraction of sp³-hybridized carbons (Fsp3) is 0.579. The predicted molar refractivity (Wildman–Crippen MR) is 92.1 cm³/mol. The van der Waals surface area contributed by atoms with Crippen molar-refractivity contribution in [2.24, 2.45) is 11.8 Å². The molecule has 1 aromatic carbocycles. The van der Waals surface area contributed by atoms with Crippen molar-refractivity contribution in [2.45, 2.75) is 47.0 Å². The molecule has 23 heavy (non-hydrogen) atoms. The molecule has 0 heterocycles. The van der Waals surface area contributed by atoms with E-state index < -0.39 is 0 Å². The first kappa shape index (κ1) is 21.2. The Hall–Kier alpha value is -1.84. The van der Waals surface area contributed by atoms with Gasteiger partial charge < -0.3 is 9.47 Å². The van der Waals surface area contributed by atoms with E-state index in [0.29, 0.717) is 18.9 Å². The number of esters is 2. The molecule has 0 radical (unpaired) electrons. The standard InChI is InChI=1S/C12H16O2.C7H14O2/c1-9(2)11(12(13)14-3)10-7-5-4-6-8-10;1-4-9-7(8)5-6(2)3/h4-9,11H,1-3H3;6H,4-5H2,1-3H3. The maximum atomic E-state index is 11.5. The van der Waals surface area contributed by atoms with Crippen LogP contribution < -0.4 is 0 Å². The average molecular weight is 322 g/mol. The van der Waals surface area contributed by atoms with Crippen molar-refractivity contribution in [2.75, 3.05) is 13.7 Å². The van der Waals surface area contributed by atoms with Gasteiger partial charge in [0.25, 0.3) is 0 Å². The Bertz CT molecular complexity index is 452. The minimum atomic E-state index is -0.161. The van der Waals surface area contributed by atoms with Gasteiger partial charge in [-0.15, -0.1) is 0 Å². The summed E-state index contributed by atoms with van der Waals surface area (Å²) in [5.41, 5.74) is 1.02. The number of carbonyl (C=O) groups excluding carboxylic acids is 2. The number of methoxy groups -OCH3 is 1. The summed E-state index contributed by atoms with van der Waals surface area (Å²) in [7, 11) is 1.43. The van der Waals surface area contributed by atoms with E-state index in [1.54, 1.807) is 0 Å². The van der Waals surface area contributed by atoms with Crippen LogP contribution in [0, 0.1) is 11.8 Å². The number of benzene rings is 1. The molecule has 1 aromatic rings. The van der Waals surface area contributed by atoms with Crippen molar-refractivity contribution in [3.8, 4) is 0 Å². The second kappa shape index (κ2) is 11.7. The Morgan fingerprint density at radius 2 is 1.61 bits per heavy atom. The molecule has 1 unspecified atom stereocenters. The highest BCUT2D eigenvalue weighted by molar-refractivity contribution is 5.78. The first-order chi connectivity index (χ1) is 10.8. The van der Waals surface area contributed by atoms with Gasteiger partial charge in [0.1, 0.15) is 0 Å². The fourth-order valence-electron chi connectivity index (χ4n) is 2.13. The minimum absolute atomic E-state index is 0.0903. The number of rotatable bonds is 6. The lowest BCUT2D eigenvalue weighted by atomic mass is 9.89. The van der Waals surface area contributed by atoms with Gasteiger partial charge in [-0.2, -0.15) is 0 Å². The van der Waals surface area contributed by atoms with Gasteiger partial charge in [-0.3, -0.25) is 9.59 Å². The van der Waals surface area contributed by atoms with Gasteiger partial charge in [0.15, 0.2) is 0 Å². The molecule has 0 aliphatic rings.